The van der Waals surface area contributed by atoms with E-state index in [4.69, 9.17) is 4.74 Å². The number of hydrogen-bond acceptors (Lipinski definition) is 2. The van der Waals surface area contributed by atoms with Gasteiger partial charge in [0, 0.05) is 0 Å². The number of rotatable bonds is 1. The van der Waals surface area contributed by atoms with Crippen LogP contribution in [0.4, 0.5) is 10.1 Å². The Morgan fingerprint density at radius 1 is 1.11 bits per heavy atom. The second-order valence-corrected chi connectivity index (χ2v) is 4.97. The van der Waals surface area contributed by atoms with Gasteiger partial charge < -0.3 is 10.1 Å². The number of nitrogens with one attached hydrogen (secondary N) is 1. The van der Waals surface area contributed by atoms with Crippen LogP contribution < -0.4 is 10.1 Å². The Morgan fingerprint density at radius 3 is 2.53 bits per heavy atom. The first kappa shape index (κ1) is 12.0. The number of aryl methyl sites for hydroxylation is 2. The van der Waals surface area contributed by atoms with E-state index in [2.05, 4.69) is 25.2 Å². The Kier molecular flexibility index (Phi) is 2.90. The summed E-state index contributed by atoms with van der Waals surface area (Å²) in [6, 6.07) is 10.6. The molecular weight excluding hydrogens is 241 g/mol. The van der Waals surface area contributed by atoms with Gasteiger partial charge in [-0.3, -0.25) is 0 Å². The third kappa shape index (κ3) is 2.28. The van der Waals surface area contributed by atoms with E-state index in [-0.39, 0.29) is 11.9 Å². The van der Waals surface area contributed by atoms with Gasteiger partial charge in [-0.25, -0.2) is 4.39 Å². The molecule has 3 heteroatoms. The van der Waals surface area contributed by atoms with Gasteiger partial charge in [0.25, 0.3) is 0 Å². The maximum Gasteiger partial charge on any atom is 0.143 e. The van der Waals surface area contributed by atoms with Crippen LogP contribution in [0, 0.1) is 19.7 Å². The Hall–Kier alpha value is -2.03. The highest BCUT2D eigenvalue weighted by Crippen LogP contribution is 2.36. The minimum Gasteiger partial charge on any atom is -0.482 e. The third-order valence-corrected chi connectivity index (χ3v) is 3.58. The Bertz CT molecular complexity index is 607. The second-order valence-electron chi connectivity index (χ2n) is 4.97. The van der Waals surface area contributed by atoms with Gasteiger partial charge in [0.15, 0.2) is 0 Å². The Morgan fingerprint density at radius 2 is 1.79 bits per heavy atom. The summed E-state index contributed by atoms with van der Waals surface area (Å²) in [6.07, 6.45) is -0.0739. The summed E-state index contributed by atoms with van der Waals surface area (Å²) >= 11 is 0. The molecule has 0 bridgehead atoms. The summed E-state index contributed by atoms with van der Waals surface area (Å²) in [6.45, 7) is 4.85. The highest BCUT2D eigenvalue weighted by Gasteiger charge is 2.21. The smallest absolute Gasteiger partial charge is 0.143 e. The van der Waals surface area contributed by atoms with Gasteiger partial charge in [0.1, 0.15) is 17.7 Å². The van der Waals surface area contributed by atoms with Crippen LogP contribution in [0.1, 0.15) is 22.8 Å². The molecule has 1 aliphatic heterocycles. The molecule has 0 saturated carbocycles. The molecule has 1 aliphatic rings. The molecule has 0 spiro atoms. The van der Waals surface area contributed by atoms with Gasteiger partial charge in [0.2, 0.25) is 0 Å². The fraction of sp³-hybridized carbons (Fsp3) is 0.250. The van der Waals surface area contributed by atoms with Gasteiger partial charge in [-0.1, -0.05) is 12.1 Å². The SMILES string of the molecule is Cc1cc2c(cc1C)OC(c1ccc(F)cc1)CN2. The second kappa shape index (κ2) is 4.57. The molecule has 1 atom stereocenters. The van der Waals surface area contributed by atoms with Crippen LogP contribution in [-0.4, -0.2) is 6.54 Å². The van der Waals surface area contributed by atoms with Crippen molar-refractivity contribution in [3.63, 3.8) is 0 Å². The average molecular weight is 257 g/mol. The van der Waals surface area contributed by atoms with Gasteiger partial charge in [-0.15, -0.1) is 0 Å². The van der Waals surface area contributed by atoms with E-state index in [1.165, 1.54) is 23.3 Å². The minimum atomic E-state index is -0.223. The largest absolute Gasteiger partial charge is 0.482 e. The van der Waals surface area contributed by atoms with Gasteiger partial charge in [-0.2, -0.15) is 0 Å². The molecule has 0 saturated heterocycles. The van der Waals surface area contributed by atoms with E-state index in [1.807, 2.05) is 6.07 Å². The van der Waals surface area contributed by atoms with Crippen molar-refractivity contribution >= 4 is 5.69 Å². The standard InChI is InChI=1S/C16H16FNO/c1-10-7-14-15(8-11(10)2)19-16(9-18-14)12-3-5-13(17)6-4-12/h3-8,16,18H,9H2,1-2H3. The van der Waals surface area contributed by atoms with E-state index < -0.39 is 0 Å². The topological polar surface area (TPSA) is 21.3 Å². The third-order valence-electron chi connectivity index (χ3n) is 3.58. The van der Waals surface area contributed by atoms with Gasteiger partial charge >= 0.3 is 0 Å². The van der Waals surface area contributed by atoms with Crippen molar-refractivity contribution in [3.8, 4) is 5.75 Å². The van der Waals surface area contributed by atoms with Crippen LogP contribution in [0.25, 0.3) is 0 Å². The van der Waals surface area contributed by atoms with Gasteiger partial charge in [-0.05, 0) is 54.8 Å². The lowest BCUT2D eigenvalue weighted by Gasteiger charge is -2.28. The van der Waals surface area contributed by atoms with Crippen molar-refractivity contribution in [1.82, 2.24) is 0 Å². The van der Waals surface area contributed by atoms with Crippen LogP contribution >= 0.6 is 0 Å². The predicted octanol–water partition coefficient (Wildman–Crippen LogP) is 3.99. The minimum absolute atomic E-state index is 0.0739. The summed E-state index contributed by atoms with van der Waals surface area (Å²) in [5.41, 5.74) is 4.47. The fourth-order valence-electron chi connectivity index (χ4n) is 2.29. The average Bonchev–Trinajstić information content (AvgIpc) is 2.40. The maximum absolute atomic E-state index is 12.9. The van der Waals surface area contributed by atoms with E-state index in [1.54, 1.807) is 12.1 Å². The van der Waals surface area contributed by atoms with Crippen LogP contribution in [0.5, 0.6) is 5.75 Å². The van der Waals surface area contributed by atoms with Crippen LogP contribution in [0.3, 0.4) is 0 Å². The molecule has 1 unspecified atom stereocenters. The maximum atomic E-state index is 12.9. The molecule has 1 N–H and O–H groups in total. The zero-order valence-electron chi connectivity index (χ0n) is 11.0. The first-order chi connectivity index (χ1) is 9.13. The number of anilines is 1. The summed E-state index contributed by atoms with van der Waals surface area (Å²) in [5, 5.41) is 3.38. The molecule has 0 aromatic heterocycles. The van der Waals surface area contributed by atoms with E-state index in [0.717, 1.165) is 17.0 Å². The molecule has 0 amide bonds. The number of ether oxygens (including phenoxy) is 1. The van der Waals surface area contributed by atoms with Crippen molar-refractivity contribution in [1.29, 1.82) is 0 Å². The lowest BCUT2D eigenvalue weighted by Crippen LogP contribution is -2.23. The molecule has 2 aromatic carbocycles. The van der Waals surface area contributed by atoms with Crippen molar-refractivity contribution in [3.05, 3.63) is 58.9 Å². The normalized spacial score (nSPS) is 17.3. The molecule has 2 nitrogen and oxygen atoms in total. The number of benzene rings is 2. The Labute approximate surface area is 112 Å². The van der Waals surface area contributed by atoms with Crippen molar-refractivity contribution in [2.24, 2.45) is 0 Å². The lowest BCUT2D eigenvalue weighted by molar-refractivity contribution is 0.210. The zero-order valence-corrected chi connectivity index (χ0v) is 11.0. The van der Waals surface area contributed by atoms with Crippen molar-refractivity contribution in [2.75, 3.05) is 11.9 Å². The van der Waals surface area contributed by atoms with Crippen LogP contribution in [-0.2, 0) is 0 Å². The van der Waals surface area contributed by atoms with E-state index in [9.17, 15) is 4.39 Å². The highest BCUT2D eigenvalue weighted by atomic mass is 19.1. The molecule has 98 valence electrons. The summed E-state index contributed by atoms with van der Waals surface area (Å²) in [5.74, 6) is 0.642. The summed E-state index contributed by atoms with van der Waals surface area (Å²) < 4.78 is 18.9. The van der Waals surface area contributed by atoms with Gasteiger partial charge in [0.05, 0.1) is 12.2 Å². The van der Waals surface area contributed by atoms with Crippen LogP contribution in [0.2, 0.25) is 0 Å². The van der Waals surface area contributed by atoms with Crippen LogP contribution in [0.15, 0.2) is 36.4 Å². The highest BCUT2D eigenvalue weighted by molar-refractivity contribution is 5.61. The molecule has 1 heterocycles. The number of hydrogen-bond donors (Lipinski definition) is 1. The zero-order chi connectivity index (χ0) is 13.4. The van der Waals surface area contributed by atoms with Crippen molar-refractivity contribution < 1.29 is 9.13 Å². The van der Waals surface area contributed by atoms with E-state index >= 15 is 0 Å². The summed E-state index contributed by atoms with van der Waals surface area (Å²) in [7, 11) is 0. The number of fused-ring (bicyclic) bond motifs is 1. The Balaban J connectivity index is 1.89. The molecule has 2 aromatic rings. The quantitative estimate of drug-likeness (QED) is 0.834. The molecule has 0 fully saturated rings. The first-order valence-corrected chi connectivity index (χ1v) is 6.41. The first-order valence-electron chi connectivity index (χ1n) is 6.41. The van der Waals surface area contributed by atoms with Crippen molar-refractivity contribution in [2.45, 2.75) is 20.0 Å². The molecular formula is C16H16FNO. The van der Waals surface area contributed by atoms with E-state index in [0.29, 0.717) is 6.54 Å². The lowest BCUT2D eigenvalue weighted by atomic mass is 10.0. The summed E-state index contributed by atoms with van der Waals surface area (Å²) in [4.78, 5) is 0. The number of halogens is 1. The molecule has 0 aliphatic carbocycles. The predicted molar refractivity (Wildman–Crippen MR) is 74.2 cm³/mol. The fourth-order valence-corrected chi connectivity index (χ4v) is 2.29. The molecule has 19 heavy (non-hydrogen) atoms. The molecule has 0 radical (unpaired) electrons. The molecule has 3 rings (SSSR count). The monoisotopic (exact) mass is 257 g/mol.